The minimum Gasteiger partial charge on any atom is -0.227 e. The van der Waals surface area contributed by atoms with Crippen LogP contribution in [0.4, 0.5) is 4.39 Å². The topological polar surface area (TPSA) is 59.1 Å². The maximum absolute atomic E-state index is 12.3. The summed E-state index contributed by atoms with van der Waals surface area (Å²) in [5, 5.41) is 0. The second-order valence-electron chi connectivity index (χ2n) is 2.32. The van der Waals surface area contributed by atoms with Gasteiger partial charge in [0.1, 0.15) is 4.90 Å². The van der Waals surface area contributed by atoms with Gasteiger partial charge in [-0.3, -0.25) is 0 Å². The molecule has 0 amide bonds. The highest BCUT2D eigenvalue weighted by atomic mass is 32.2. The van der Waals surface area contributed by atoms with E-state index in [2.05, 4.69) is 9.71 Å². The van der Waals surface area contributed by atoms with Gasteiger partial charge in [-0.1, -0.05) is 6.92 Å². The lowest BCUT2D eigenvalue weighted by Gasteiger charge is -2.02. The Morgan fingerprint density at radius 3 is 2.69 bits per heavy atom. The van der Waals surface area contributed by atoms with E-state index >= 15 is 0 Å². The highest BCUT2D eigenvalue weighted by molar-refractivity contribution is 7.89. The zero-order valence-electron chi connectivity index (χ0n) is 6.99. The number of pyridine rings is 1. The van der Waals surface area contributed by atoms with Gasteiger partial charge < -0.3 is 0 Å². The average molecular weight is 204 g/mol. The van der Waals surface area contributed by atoms with E-state index in [9.17, 15) is 12.8 Å². The molecule has 0 aromatic carbocycles. The van der Waals surface area contributed by atoms with E-state index in [-0.39, 0.29) is 4.90 Å². The van der Waals surface area contributed by atoms with Crippen molar-refractivity contribution in [2.45, 2.75) is 11.8 Å². The van der Waals surface area contributed by atoms with E-state index < -0.39 is 16.0 Å². The van der Waals surface area contributed by atoms with Crippen LogP contribution in [0.5, 0.6) is 0 Å². The average Bonchev–Trinajstić information content (AvgIpc) is 2.05. The van der Waals surface area contributed by atoms with Crippen molar-refractivity contribution in [1.29, 1.82) is 0 Å². The van der Waals surface area contributed by atoms with E-state index in [0.717, 1.165) is 12.3 Å². The Balaban J connectivity index is 3.02. The fourth-order valence-corrected chi connectivity index (χ4v) is 1.78. The second kappa shape index (κ2) is 3.80. The van der Waals surface area contributed by atoms with Gasteiger partial charge in [0.05, 0.1) is 6.20 Å². The van der Waals surface area contributed by atoms with E-state index in [1.165, 1.54) is 6.07 Å². The molecule has 6 heteroatoms. The number of sulfonamides is 1. The molecule has 1 aromatic heterocycles. The molecule has 1 aromatic rings. The summed E-state index contributed by atoms with van der Waals surface area (Å²) in [6.45, 7) is 1.95. The van der Waals surface area contributed by atoms with E-state index in [0.29, 0.717) is 6.54 Å². The zero-order valence-corrected chi connectivity index (χ0v) is 7.81. The number of aromatic nitrogens is 1. The maximum atomic E-state index is 12.3. The number of hydrogen-bond acceptors (Lipinski definition) is 3. The summed E-state index contributed by atoms with van der Waals surface area (Å²) in [6.07, 6.45) is 0.979. The number of halogens is 1. The fraction of sp³-hybridized carbons (Fsp3) is 0.286. The molecule has 72 valence electrons. The molecule has 0 unspecified atom stereocenters. The summed E-state index contributed by atoms with van der Waals surface area (Å²) in [5.41, 5.74) is 0. The molecule has 0 atom stereocenters. The third-order valence-corrected chi connectivity index (χ3v) is 2.88. The van der Waals surface area contributed by atoms with Crippen LogP contribution in [0.2, 0.25) is 0 Å². The monoisotopic (exact) mass is 204 g/mol. The zero-order chi connectivity index (χ0) is 9.90. The summed E-state index contributed by atoms with van der Waals surface area (Å²) < 4.78 is 37.1. The molecule has 0 spiro atoms. The molecule has 1 heterocycles. The first-order valence-corrected chi connectivity index (χ1v) is 5.16. The summed E-state index contributed by atoms with van der Waals surface area (Å²) in [6, 6.07) is 2.17. The molecular weight excluding hydrogens is 195 g/mol. The lowest BCUT2D eigenvalue weighted by Crippen LogP contribution is -2.23. The van der Waals surface area contributed by atoms with Crippen molar-refractivity contribution >= 4 is 10.0 Å². The lowest BCUT2D eigenvalue weighted by molar-refractivity contribution is 0.572. The minimum atomic E-state index is -3.51. The highest BCUT2D eigenvalue weighted by Crippen LogP contribution is 2.06. The van der Waals surface area contributed by atoms with E-state index in [1.54, 1.807) is 6.92 Å². The van der Waals surface area contributed by atoms with Gasteiger partial charge in [-0.05, 0) is 12.1 Å². The van der Waals surface area contributed by atoms with Gasteiger partial charge in [0, 0.05) is 6.54 Å². The Labute approximate surface area is 75.9 Å². The van der Waals surface area contributed by atoms with Gasteiger partial charge in [-0.15, -0.1) is 0 Å². The third-order valence-electron chi connectivity index (χ3n) is 1.34. The first kappa shape index (κ1) is 10.1. The molecule has 4 nitrogen and oxygen atoms in total. The van der Waals surface area contributed by atoms with Gasteiger partial charge in [0.25, 0.3) is 0 Å². The Kier molecular flexibility index (Phi) is 2.94. The van der Waals surface area contributed by atoms with E-state index in [4.69, 9.17) is 0 Å². The van der Waals surface area contributed by atoms with Crippen LogP contribution in [0.3, 0.4) is 0 Å². The first-order chi connectivity index (χ1) is 6.06. The number of hydrogen-bond donors (Lipinski definition) is 1. The van der Waals surface area contributed by atoms with Crippen LogP contribution in [-0.2, 0) is 10.0 Å². The minimum absolute atomic E-state index is 0.0317. The number of nitrogens with zero attached hydrogens (tertiary/aromatic N) is 1. The molecule has 13 heavy (non-hydrogen) atoms. The second-order valence-corrected chi connectivity index (χ2v) is 4.08. The van der Waals surface area contributed by atoms with Crippen LogP contribution in [-0.4, -0.2) is 19.9 Å². The fourth-order valence-electron chi connectivity index (χ4n) is 0.795. The largest absolute Gasteiger partial charge is 0.242 e. The van der Waals surface area contributed by atoms with Gasteiger partial charge in [0.15, 0.2) is 0 Å². The maximum Gasteiger partial charge on any atom is 0.242 e. The van der Waals surface area contributed by atoms with Gasteiger partial charge in [-0.2, -0.15) is 4.39 Å². The Morgan fingerprint density at radius 2 is 2.23 bits per heavy atom. The predicted octanol–water partition coefficient (Wildman–Crippen LogP) is 0.519. The summed E-state index contributed by atoms with van der Waals surface area (Å²) >= 11 is 0. The smallest absolute Gasteiger partial charge is 0.227 e. The first-order valence-electron chi connectivity index (χ1n) is 3.67. The molecule has 0 radical (unpaired) electrons. The number of nitrogens with one attached hydrogen (secondary N) is 1. The van der Waals surface area contributed by atoms with Gasteiger partial charge in [-0.25, -0.2) is 18.1 Å². The Hall–Kier alpha value is -1.01. The third kappa shape index (κ3) is 2.46. The molecule has 0 aliphatic heterocycles. The molecule has 1 N–H and O–H groups in total. The molecule has 1 rings (SSSR count). The van der Waals surface area contributed by atoms with Crippen LogP contribution < -0.4 is 4.72 Å². The van der Waals surface area contributed by atoms with Gasteiger partial charge in [0.2, 0.25) is 16.0 Å². The van der Waals surface area contributed by atoms with Crippen LogP contribution >= 0.6 is 0 Å². The van der Waals surface area contributed by atoms with Crippen LogP contribution in [0.15, 0.2) is 23.2 Å². The van der Waals surface area contributed by atoms with Crippen LogP contribution in [0.25, 0.3) is 0 Å². The van der Waals surface area contributed by atoms with Gasteiger partial charge >= 0.3 is 0 Å². The summed E-state index contributed by atoms with van der Waals surface area (Å²) in [5.74, 6) is -0.699. The molecule has 0 bridgehead atoms. The normalized spacial score (nSPS) is 11.5. The number of rotatable bonds is 3. The SMILES string of the molecule is CCNS(=O)(=O)c1ccc(F)nc1. The quantitative estimate of drug-likeness (QED) is 0.730. The molecule has 0 saturated heterocycles. The highest BCUT2D eigenvalue weighted by Gasteiger charge is 2.12. The van der Waals surface area contributed by atoms with Crippen molar-refractivity contribution < 1.29 is 12.8 Å². The van der Waals surface area contributed by atoms with Crippen LogP contribution in [0.1, 0.15) is 6.92 Å². The van der Waals surface area contributed by atoms with Crippen molar-refractivity contribution in [3.05, 3.63) is 24.3 Å². The van der Waals surface area contributed by atoms with Crippen LogP contribution in [0, 0.1) is 5.95 Å². The van der Waals surface area contributed by atoms with Crippen molar-refractivity contribution in [1.82, 2.24) is 9.71 Å². The molecule has 0 fully saturated rings. The van der Waals surface area contributed by atoms with E-state index in [1.807, 2.05) is 0 Å². The predicted molar refractivity (Wildman–Crippen MR) is 45.1 cm³/mol. The Morgan fingerprint density at radius 1 is 1.54 bits per heavy atom. The van der Waals surface area contributed by atoms with Crippen molar-refractivity contribution in [2.24, 2.45) is 0 Å². The molecule has 0 saturated carbocycles. The molecule has 0 aliphatic rings. The molecular formula is C7H9FN2O2S. The summed E-state index contributed by atoms with van der Waals surface area (Å²) in [4.78, 5) is 3.21. The lowest BCUT2D eigenvalue weighted by atomic mass is 10.5. The molecule has 0 aliphatic carbocycles. The van der Waals surface area contributed by atoms with Crippen molar-refractivity contribution in [2.75, 3.05) is 6.54 Å². The Bertz CT molecular complexity index is 374. The standard InChI is InChI=1S/C7H9FN2O2S/c1-2-10-13(11,12)6-3-4-7(8)9-5-6/h3-5,10H,2H2,1H3. The van der Waals surface area contributed by atoms with Crippen molar-refractivity contribution in [3.63, 3.8) is 0 Å². The summed E-state index contributed by atoms with van der Waals surface area (Å²) in [7, 11) is -3.51. The van der Waals surface area contributed by atoms with Crippen molar-refractivity contribution in [3.8, 4) is 0 Å².